The summed E-state index contributed by atoms with van der Waals surface area (Å²) in [5.41, 5.74) is 5.49. The molecule has 0 fully saturated rings. The molecule has 0 atom stereocenters. The first kappa shape index (κ1) is 15.4. The molecule has 0 unspecified atom stereocenters. The fourth-order valence-corrected chi connectivity index (χ4v) is 4.01. The number of fused-ring (bicyclic) bond motifs is 1. The van der Waals surface area contributed by atoms with Crippen LogP contribution in [-0.4, -0.2) is 26.7 Å². The van der Waals surface area contributed by atoms with Gasteiger partial charge < -0.3 is 9.84 Å². The normalized spacial score (nSPS) is 14.0. The Morgan fingerprint density at radius 3 is 2.92 bits per heavy atom. The minimum atomic E-state index is 0.576. The van der Waals surface area contributed by atoms with E-state index in [2.05, 4.69) is 32.3 Å². The lowest BCUT2D eigenvalue weighted by Gasteiger charge is -2.19. The Labute approximate surface area is 144 Å². The fraction of sp³-hybridized carbons (Fsp3) is 0.412. The van der Waals surface area contributed by atoms with Gasteiger partial charge in [-0.15, -0.1) is 11.3 Å². The third-order valence-electron chi connectivity index (χ3n) is 4.34. The first-order valence-corrected chi connectivity index (χ1v) is 8.87. The summed E-state index contributed by atoms with van der Waals surface area (Å²) < 4.78 is 5.49. The summed E-state index contributed by atoms with van der Waals surface area (Å²) in [4.78, 5) is 14.9. The van der Waals surface area contributed by atoms with Gasteiger partial charge >= 0.3 is 0 Å². The van der Waals surface area contributed by atoms with E-state index in [1.807, 2.05) is 20.0 Å². The van der Waals surface area contributed by atoms with Crippen LogP contribution in [0, 0.1) is 20.8 Å². The zero-order valence-corrected chi connectivity index (χ0v) is 14.8. The molecule has 0 aliphatic carbocycles. The Morgan fingerprint density at radius 1 is 1.25 bits per heavy atom. The third kappa shape index (κ3) is 2.74. The summed E-state index contributed by atoms with van der Waals surface area (Å²) in [6.07, 6.45) is 3.48. The molecule has 0 saturated heterocycles. The fourth-order valence-electron chi connectivity index (χ4n) is 3.17. The number of hydrogen-bond donors (Lipinski definition) is 1. The number of aryl methyl sites for hydroxylation is 3. The number of hydrogen-bond acceptors (Lipinski definition) is 7. The molecule has 4 heterocycles. The van der Waals surface area contributed by atoms with Crippen LogP contribution in [0.2, 0.25) is 0 Å². The van der Waals surface area contributed by atoms with Crippen LogP contribution in [0.1, 0.15) is 38.3 Å². The Bertz CT molecular complexity index is 899. The molecule has 0 amide bonds. The van der Waals surface area contributed by atoms with Gasteiger partial charge in [-0.1, -0.05) is 5.16 Å². The first-order chi connectivity index (χ1) is 11.6. The van der Waals surface area contributed by atoms with Crippen LogP contribution >= 0.6 is 11.3 Å². The highest BCUT2D eigenvalue weighted by Crippen LogP contribution is 2.29. The molecule has 0 radical (unpaired) electrons. The van der Waals surface area contributed by atoms with Gasteiger partial charge in [0, 0.05) is 28.9 Å². The predicted molar refractivity (Wildman–Crippen MR) is 92.1 cm³/mol. The van der Waals surface area contributed by atoms with Crippen LogP contribution in [0.4, 0.5) is 0 Å². The van der Waals surface area contributed by atoms with Crippen molar-refractivity contribution in [3.05, 3.63) is 44.5 Å². The lowest BCUT2D eigenvalue weighted by atomic mass is 9.95. The van der Waals surface area contributed by atoms with Crippen LogP contribution in [0.15, 0.2) is 10.7 Å². The topological polar surface area (TPSA) is 76.7 Å². The number of pyridine rings is 1. The molecule has 4 rings (SSSR count). The van der Waals surface area contributed by atoms with Crippen molar-refractivity contribution in [2.24, 2.45) is 0 Å². The van der Waals surface area contributed by atoms with E-state index in [4.69, 9.17) is 4.52 Å². The van der Waals surface area contributed by atoms with Crippen molar-refractivity contribution in [3.63, 3.8) is 0 Å². The molecule has 1 aliphatic heterocycles. The molecule has 24 heavy (non-hydrogen) atoms. The minimum absolute atomic E-state index is 0.576. The van der Waals surface area contributed by atoms with E-state index in [-0.39, 0.29) is 0 Å². The van der Waals surface area contributed by atoms with Crippen LogP contribution in [0.25, 0.3) is 11.4 Å². The Kier molecular flexibility index (Phi) is 3.90. The highest BCUT2D eigenvalue weighted by atomic mass is 32.1. The van der Waals surface area contributed by atoms with Gasteiger partial charge in [-0.2, -0.15) is 4.98 Å². The zero-order chi connectivity index (χ0) is 16.7. The maximum Gasteiger partial charge on any atom is 0.233 e. The minimum Gasteiger partial charge on any atom is -0.339 e. The molecule has 3 aromatic rings. The molecule has 3 aromatic heterocycles. The van der Waals surface area contributed by atoms with Crippen molar-refractivity contribution >= 4 is 11.3 Å². The molecular formula is C17H19N5OS. The summed E-state index contributed by atoms with van der Waals surface area (Å²) in [6, 6.07) is 0. The predicted octanol–water partition coefficient (Wildman–Crippen LogP) is 2.75. The number of nitrogens with zero attached hydrogens (tertiary/aromatic N) is 4. The highest BCUT2D eigenvalue weighted by molar-refractivity contribution is 7.11. The van der Waals surface area contributed by atoms with Gasteiger partial charge in [-0.05, 0) is 44.9 Å². The number of nitrogens with one attached hydrogen (secondary N) is 1. The molecule has 0 aromatic carbocycles. The van der Waals surface area contributed by atoms with Crippen molar-refractivity contribution in [2.75, 3.05) is 6.54 Å². The van der Waals surface area contributed by atoms with Gasteiger partial charge in [0.05, 0.1) is 17.1 Å². The molecule has 7 heteroatoms. The maximum absolute atomic E-state index is 5.49. The number of aromatic nitrogens is 4. The quantitative estimate of drug-likeness (QED) is 0.789. The molecule has 0 bridgehead atoms. The van der Waals surface area contributed by atoms with E-state index in [0.717, 1.165) is 41.5 Å². The van der Waals surface area contributed by atoms with E-state index in [0.29, 0.717) is 18.1 Å². The SMILES string of the molecule is Cc1nc(Cc2nc(-c3c(C)ncc4c3CCNC4)no2)c(C)s1. The smallest absolute Gasteiger partial charge is 0.233 e. The van der Waals surface area contributed by atoms with Gasteiger partial charge in [0.2, 0.25) is 11.7 Å². The summed E-state index contributed by atoms with van der Waals surface area (Å²) in [6.45, 7) is 7.90. The standard InChI is InChI=1S/C17H19N5OS/c1-9-16(13-4-5-18-7-12(13)8-19-9)17-21-15(23-22-17)6-14-10(2)24-11(3)20-14/h8,18H,4-7H2,1-3H3. The maximum atomic E-state index is 5.49. The molecule has 0 saturated carbocycles. The van der Waals surface area contributed by atoms with E-state index in [1.165, 1.54) is 16.0 Å². The monoisotopic (exact) mass is 341 g/mol. The number of rotatable bonds is 3. The van der Waals surface area contributed by atoms with Crippen molar-refractivity contribution < 1.29 is 4.52 Å². The Hall–Kier alpha value is -2.12. The molecule has 1 N–H and O–H groups in total. The summed E-state index contributed by atoms with van der Waals surface area (Å²) in [5.74, 6) is 1.24. The molecular weight excluding hydrogens is 322 g/mol. The van der Waals surface area contributed by atoms with Crippen molar-refractivity contribution in [1.29, 1.82) is 0 Å². The van der Waals surface area contributed by atoms with Gasteiger partial charge in [0.1, 0.15) is 0 Å². The second-order valence-corrected chi connectivity index (χ2v) is 7.48. The highest BCUT2D eigenvalue weighted by Gasteiger charge is 2.21. The third-order valence-corrected chi connectivity index (χ3v) is 5.27. The summed E-state index contributed by atoms with van der Waals surface area (Å²) in [7, 11) is 0. The van der Waals surface area contributed by atoms with Gasteiger partial charge in [0.15, 0.2) is 0 Å². The lowest BCUT2D eigenvalue weighted by molar-refractivity contribution is 0.384. The van der Waals surface area contributed by atoms with E-state index >= 15 is 0 Å². The molecule has 0 spiro atoms. The Morgan fingerprint density at radius 2 is 2.12 bits per heavy atom. The van der Waals surface area contributed by atoms with E-state index < -0.39 is 0 Å². The lowest BCUT2D eigenvalue weighted by Crippen LogP contribution is -2.24. The summed E-state index contributed by atoms with van der Waals surface area (Å²) in [5, 5.41) is 8.65. The molecule has 1 aliphatic rings. The Balaban J connectivity index is 1.69. The largest absolute Gasteiger partial charge is 0.339 e. The van der Waals surface area contributed by atoms with E-state index in [1.54, 1.807) is 11.3 Å². The second-order valence-electron chi connectivity index (χ2n) is 6.07. The van der Waals surface area contributed by atoms with Crippen molar-refractivity contribution in [2.45, 2.75) is 40.2 Å². The van der Waals surface area contributed by atoms with E-state index in [9.17, 15) is 0 Å². The van der Waals surface area contributed by atoms with Crippen LogP contribution in [-0.2, 0) is 19.4 Å². The molecule has 124 valence electrons. The molecule has 6 nitrogen and oxygen atoms in total. The number of thiazole rings is 1. The average Bonchev–Trinajstić information content (AvgIpc) is 3.14. The second kappa shape index (κ2) is 6.07. The van der Waals surface area contributed by atoms with Crippen molar-refractivity contribution in [1.82, 2.24) is 25.4 Å². The van der Waals surface area contributed by atoms with Crippen LogP contribution < -0.4 is 5.32 Å². The van der Waals surface area contributed by atoms with Crippen LogP contribution in [0.5, 0.6) is 0 Å². The summed E-state index contributed by atoms with van der Waals surface area (Å²) >= 11 is 1.69. The van der Waals surface area contributed by atoms with Gasteiger partial charge in [-0.3, -0.25) is 4.98 Å². The first-order valence-electron chi connectivity index (χ1n) is 8.05. The average molecular weight is 341 g/mol. The zero-order valence-electron chi connectivity index (χ0n) is 14.0. The van der Waals surface area contributed by atoms with Crippen LogP contribution in [0.3, 0.4) is 0 Å². The van der Waals surface area contributed by atoms with Gasteiger partial charge in [-0.25, -0.2) is 4.98 Å². The van der Waals surface area contributed by atoms with Gasteiger partial charge in [0.25, 0.3) is 0 Å². The van der Waals surface area contributed by atoms with Crippen molar-refractivity contribution in [3.8, 4) is 11.4 Å².